The van der Waals surface area contributed by atoms with Crippen LogP contribution in [0.15, 0.2) is 54.3 Å². The molecule has 3 aromatic heterocycles. The highest BCUT2D eigenvalue weighted by molar-refractivity contribution is 7.13. The molecule has 1 aliphatic heterocycles. The molecule has 5 heteroatoms. The number of terminal acetylenes is 1. The molecule has 0 atom stereocenters. The van der Waals surface area contributed by atoms with E-state index in [-0.39, 0.29) is 0 Å². The molecule has 0 unspecified atom stereocenters. The Hall–Kier alpha value is -2.97. The van der Waals surface area contributed by atoms with Crippen molar-refractivity contribution in [2.24, 2.45) is 0 Å². The van der Waals surface area contributed by atoms with E-state index in [0.29, 0.717) is 0 Å². The number of thiophene rings is 1. The minimum absolute atomic E-state index is 0.828. The Morgan fingerprint density at radius 2 is 2.00 bits per heavy atom. The number of pyridine rings is 1. The van der Waals surface area contributed by atoms with Gasteiger partial charge < -0.3 is 0 Å². The van der Waals surface area contributed by atoms with E-state index in [1.807, 2.05) is 42.0 Å². The van der Waals surface area contributed by atoms with Crippen molar-refractivity contribution in [3.63, 3.8) is 0 Å². The van der Waals surface area contributed by atoms with Crippen LogP contribution in [0.2, 0.25) is 0 Å². The van der Waals surface area contributed by atoms with Crippen molar-refractivity contribution in [3.8, 4) is 34.2 Å². The summed E-state index contributed by atoms with van der Waals surface area (Å²) in [6, 6.07) is 9.79. The number of rotatable bonds is 1. The first-order valence-corrected chi connectivity index (χ1v) is 7.54. The second-order valence-electron chi connectivity index (χ2n) is 4.69. The minimum Gasteiger partial charge on any atom is -0.256 e. The minimum atomic E-state index is 0.828. The fourth-order valence-corrected chi connectivity index (χ4v) is 2.94. The highest BCUT2D eigenvalue weighted by Crippen LogP contribution is 2.27. The van der Waals surface area contributed by atoms with Gasteiger partial charge in [-0.15, -0.1) is 17.8 Å². The van der Waals surface area contributed by atoms with Gasteiger partial charge in [-0.3, -0.25) is 4.98 Å². The molecule has 5 rings (SSSR count). The topological polar surface area (TPSA) is 43.1 Å². The third kappa shape index (κ3) is 2.07. The van der Waals surface area contributed by atoms with Gasteiger partial charge in [0, 0.05) is 29.6 Å². The molecular weight excluding hydrogens is 292 g/mol. The van der Waals surface area contributed by atoms with Gasteiger partial charge in [0.05, 0.1) is 22.5 Å². The van der Waals surface area contributed by atoms with Crippen LogP contribution in [-0.2, 0) is 0 Å². The van der Waals surface area contributed by atoms with E-state index in [1.165, 1.54) is 11.3 Å². The molecule has 0 fully saturated rings. The number of hydrogen-bond acceptors (Lipinski definition) is 4. The zero-order chi connectivity index (χ0) is 14.9. The summed E-state index contributed by atoms with van der Waals surface area (Å²) in [5, 5.41) is 6.08. The lowest BCUT2D eigenvalue weighted by atomic mass is 10.1. The van der Waals surface area contributed by atoms with E-state index in [2.05, 4.69) is 27.1 Å². The maximum atomic E-state index is 5.44. The number of fused-ring (bicyclic) bond motifs is 2. The second kappa shape index (κ2) is 5.10. The monoisotopic (exact) mass is 302 g/mol. The van der Waals surface area contributed by atoms with Gasteiger partial charge in [-0.25, -0.2) is 9.50 Å². The largest absolute Gasteiger partial charge is 0.256 e. The van der Waals surface area contributed by atoms with Crippen LogP contribution in [0.25, 0.3) is 27.5 Å². The third-order valence-electron chi connectivity index (χ3n) is 3.37. The molecule has 0 radical (unpaired) electrons. The van der Waals surface area contributed by atoms with Gasteiger partial charge in [-0.1, -0.05) is 5.92 Å². The second-order valence-corrected chi connectivity index (χ2v) is 5.60. The van der Waals surface area contributed by atoms with Gasteiger partial charge in [0.25, 0.3) is 0 Å². The molecule has 0 aromatic carbocycles. The fourth-order valence-electron chi connectivity index (χ4n) is 2.11. The molecule has 0 amide bonds. The summed E-state index contributed by atoms with van der Waals surface area (Å²) < 4.78 is 1.73. The number of hydrogen-bond donors (Lipinski definition) is 0. The Morgan fingerprint density at radius 3 is 2.64 bits per heavy atom. The van der Waals surface area contributed by atoms with Crippen molar-refractivity contribution in [2.75, 3.05) is 0 Å². The Balaban J connectivity index is 0.000000172. The fraction of sp³-hybridized carbons (Fsp3) is 0. The molecule has 2 aliphatic rings. The molecule has 0 saturated carbocycles. The molecule has 22 heavy (non-hydrogen) atoms. The highest BCUT2D eigenvalue weighted by Gasteiger charge is 2.07. The van der Waals surface area contributed by atoms with Crippen LogP contribution in [0.1, 0.15) is 5.56 Å². The molecule has 104 valence electrons. The van der Waals surface area contributed by atoms with Gasteiger partial charge >= 0.3 is 0 Å². The first-order valence-electron chi connectivity index (χ1n) is 6.66. The van der Waals surface area contributed by atoms with E-state index in [0.717, 1.165) is 21.8 Å². The Labute approximate surface area is 131 Å². The number of nitrogens with zero attached hydrogens (tertiary/aromatic N) is 4. The number of aromatic nitrogens is 4. The van der Waals surface area contributed by atoms with Crippen LogP contribution in [0, 0.1) is 12.3 Å². The molecule has 3 aromatic rings. The van der Waals surface area contributed by atoms with Crippen LogP contribution in [0.3, 0.4) is 0 Å². The van der Waals surface area contributed by atoms with Gasteiger partial charge in [0.2, 0.25) is 0 Å². The molecule has 1 aliphatic carbocycles. The average molecular weight is 302 g/mol. The lowest BCUT2D eigenvalue weighted by Gasteiger charge is -2.08. The Morgan fingerprint density at radius 1 is 1.09 bits per heavy atom. The summed E-state index contributed by atoms with van der Waals surface area (Å²) in [5.41, 5.74) is 5.11. The predicted molar refractivity (Wildman–Crippen MR) is 87.5 cm³/mol. The first kappa shape index (κ1) is 12.7. The molecule has 0 spiro atoms. The summed E-state index contributed by atoms with van der Waals surface area (Å²) in [7, 11) is 0. The van der Waals surface area contributed by atoms with Crippen molar-refractivity contribution in [3.05, 3.63) is 59.9 Å². The van der Waals surface area contributed by atoms with Crippen LogP contribution in [0.5, 0.6) is 0 Å². The lowest BCUT2D eigenvalue weighted by Crippen LogP contribution is -1.92. The molecule has 0 N–H and O–H groups in total. The van der Waals surface area contributed by atoms with Crippen LogP contribution >= 0.6 is 11.3 Å². The normalized spacial score (nSPS) is 10.7. The van der Waals surface area contributed by atoms with E-state index in [4.69, 9.17) is 6.42 Å². The molecule has 4 heterocycles. The summed E-state index contributed by atoms with van der Waals surface area (Å²) in [6.45, 7) is 0. The summed E-state index contributed by atoms with van der Waals surface area (Å²) in [5.74, 6) is 2.66. The van der Waals surface area contributed by atoms with E-state index in [1.54, 1.807) is 22.0 Å². The van der Waals surface area contributed by atoms with E-state index >= 15 is 0 Å². The van der Waals surface area contributed by atoms with E-state index < -0.39 is 0 Å². The molecule has 0 bridgehead atoms. The van der Waals surface area contributed by atoms with Gasteiger partial charge in [0.1, 0.15) is 0 Å². The quantitative estimate of drug-likeness (QED) is 0.445. The lowest BCUT2D eigenvalue weighted by molar-refractivity contribution is 0.941. The zero-order valence-corrected chi connectivity index (χ0v) is 12.3. The van der Waals surface area contributed by atoms with Crippen molar-refractivity contribution in [2.45, 2.75) is 0 Å². The standard InChI is InChI=1S/C12H7N3S.C5H3N/c1-2-9-5-8-16-12(9)10-4-7-15-11(14-10)3-6-13-15;1-2-5-4(1)3-6-5/h1,3-8H;1-3H. The van der Waals surface area contributed by atoms with Crippen molar-refractivity contribution in [1.29, 1.82) is 0 Å². The van der Waals surface area contributed by atoms with Crippen molar-refractivity contribution < 1.29 is 0 Å². The molecule has 0 saturated heterocycles. The SMILES string of the molecule is C#Cc1ccsc1-c1ccn2nccc2n1.c1cc2ncc1-2. The van der Waals surface area contributed by atoms with Gasteiger partial charge in [-0.05, 0) is 29.6 Å². The average Bonchev–Trinajstić information content (AvgIpc) is 3.18. The van der Waals surface area contributed by atoms with Gasteiger partial charge in [-0.2, -0.15) is 5.10 Å². The van der Waals surface area contributed by atoms with Crippen molar-refractivity contribution >= 4 is 17.0 Å². The summed E-state index contributed by atoms with van der Waals surface area (Å²) in [4.78, 5) is 9.44. The Kier molecular flexibility index (Phi) is 2.95. The summed E-state index contributed by atoms with van der Waals surface area (Å²) in [6.07, 6.45) is 10.9. The molecular formula is C17H10N4S. The van der Waals surface area contributed by atoms with Gasteiger partial charge in [0.15, 0.2) is 5.65 Å². The highest BCUT2D eigenvalue weighted by atomic mass is 32.1. The molecule has 4 nitrogen and oxygen atoms in total. The Bertz CT molecular complexity index is 968. The zero-order valence-electron chi connectivity index (χ0n) is 11.5. The van der Waals surface area contributed by atoms with Crippen LogP contribution in [0.4, 0.5) is 0 Å². The van der Waals surface area contributed by atoms with Crippen molar-refractivity contribution in [1.82, 2.24) is 19.6 Å². The van der Waals surface area contributed by atoms with E-state index in [9.17, 15) is 0 Å². The summed E-state index contributed by atoms with van der Waals surface area (Å²) >= 11 is 1.60. The predicted octanol–water partition coefficient (Wildman–Crippen LogP) is 3.50. The maximum Gasteiger partial charge on any atom is 0.155 e. The van der Waals surface area contributed by atoms with Crippen LogP contribution in [-0.4, -0.2) is 19.6 Å². The third-order valence-corrected chi connectivity index (χ3v) is 4.31. The van der Waals surface area contributed by atoms with Crippen LogP contribution < -0.4 is 0 Å². The first-order chi connectivity index (χ1) is 10.8. The maximum absolute atomic E-state index is 5.44. The smallest absolute Gasteiger partial charge is 0.155 e.